The molecular formula is C15H26O2. The summed E-state index contributed by atoms with van der Waals surface area (Å²) in [5.41, 5.74) is 0. The molecule has 0 aromatic heterocycles. The van der Waals surface area contributed by atoms with Gasteiger partial charge in [-0.05, 0) is 37.5 Å². The van der Waals surface area contributed by atoms with Crippen molar-refractivity contribution in [2.75, 3.05) is 6.61 Å². The van der Waals surface area contributed by atoms with Crippen LogP contribution >= 0.6 is 0 Å². The first kappa shape index (κ1) is 12.9. The van der Waals surface area contributed by atoms with E-state index >= 15 is 0 Å². The summed E-state index contributed by atoms with van der Waals surface area (Å²) in [5, 5.41) is 0. The van der Waals surface area contributed by atoms with Crippen LogP contribution in [0.2, 0.25) is 0 Å². The molecule has 2 saturated carbocycles. The van der Waals surface area contributed by atoms with Gasteiger partial charge in [-0.1, -0.05) is 39.0 Å². The average Bonchev–Trinajstić information content (AvgIpc) is 2.38. The second-order valence-corrected chi connectivity index (χ2v) is 6.00. The zero-order chi connectivity index (χ0) is 12.1. The summed E-state index contributed by atoms with van der Waals surface area (Å²) in [6, 6.07) is 0. The minimum absolute atomic E-state index is 0.0859. The molecule has 2 fully saturated rings. The van der Waals surface area contributed by atoms with Gasteiger partial charge in [0.2, 0.25) is 0 Å². The molecule has 2 heteroatoms. The normalized spacial score (nSPS) is 31.1. The summed E-state index contributed by atoms with van der Waals surface area (Å²) in [4.78, 5) is 12.0. The Morgan fingerprint density at radius 1 is 1.00 bits per heavy atom. The van der Waals surface area contributed by atoms with Crippen molar-refractivity contribution in [2.45, 2.75) is 64.7 Å². The number of carbonyl (C=O) groups is 1. The number of rotatable bonds is 3. The Kier molecular flexibility index (Phi) is 4.87. The van der Waals surface area contributed by atoms with Crippen LogP contribution in [0.25, 0.3) is 0 Å². The molecule has 0 radical (unpaired) electrons. The fourth-order valence-corrected chi connectivity index (χ4v) is 3.33. The molecule has 0 saturated heterocycles. The van der Waals surface area contributed by atoms with Crippen molar-refractivity contribution >= 4 is 5.97 Å². The third-order valence-corrected chi connectivity index (χ3v) is 4.60. The van der Waals surface area contributed by atoms with E-state index in [4.69, 9.17) is 4.74 Å². The Labute approximate surface area is 105 Å². The van der Waals surface area contributed by atoms with E-state index in [1.165, 1.54) is 51.4 Å². The number of hydrogen-bond donors (Lipinski definition) is 0. The highest BCUT2D eigenvalue weighted by molar-refractivity contribution is 5.72. The van der Waals surface area contributed by atoms with Crippen LogP contribution in [0.5, 0.6) is 0 Å². The molecular weight excluding hydrogens is 212 g/mol. The lowest BCUT2D eigenvalue weighted by molar-refractivity contribution is -0.153. The smallest absolute Gasteiger partial charge is 0.309 e. The van der Waals surface area contributed by atoms with Crippen molar-refractivity contribution in [1.82, 2.24) is 0 Å². The van der Waals surface area contributed by atoms with Crippen LogP contribution in [-0.2, 0) is 9.53 Å². The first-order valence-electron chi connectivity index (χ1n) is 7.44. The molecule has 0 heterocycles. The van der Waals surface area contributed by atoms with Gasteiger partial charge >= 0.3 is 5.97 Å². The van der Waals surface area contributed by atoms with E-state index < -0.39 is 0 Å². The van der Waals surface area contributed by atoms with Gasteiger partial charge in [0, 0.05) is 0 Å². The molecule has 2 atom stereocenters. The van der Waals surface area contributed by atoms with Crippen LogP contribution in [-0.4, -0.2) is 12.6 Å². The summed E-state index contributed by atoms with van der Waals surface area (Å²) in [7, 11) is 0. The van der Waals surface area contributed by atoms with E-state index in [0.29, 0.717) is 18.4 Å². The van der Waals surface area contributed by atoms with Gasteiger partial charge in [0.05, 0.1) is 12.5 Å². The molecule has 98 valence electrons. The van der Waals surface area contributed by atoms with Crippen LogP contribution in [0.1, 0.15) is 64.7 Å². The summed E-state index contributed by atoms with van der Waals surface area (Å²) in [5.74, 6) is 1.45. The number of carbonyl (C=O) groups excluding carboxylic acids is 1. The number of hydrogen-bond acceptors (Lipinski definition) is 2. The standard InChI is InChI=1S/C15H26O2/c1-12-7-5-6-10-14(12)15(16)17-11-13-8-3-2-4-9-13/h12-14H,2-11H2,1H3. The van der Waals surface area contributed by atoms with Gasteiger partial charge in [-0.25, -0.2) is 0 Å². The Balaban J connectivity index is 1.72. The maximum absolute atomic E-state index is 12.0. The maximum Gasteiger partial charge on any atom is 0.309 e. The quantitative estimate of drug-likeness (QED) is 0.696. The highest BCUT2D eigenvalue weighted by atomic mass is 16.5. The van der Waals surface area contributed by atoms with E-state index in [-0.39, 0.29) is 11.9 Å². The first-order chi connectivity index (χ1) is 8.27. The van der Waals surface area contributed by atoms with Gasteiger partial charge in [0.1, 0.15) is 0 Å². The Morgan fingerprint density at radius 3 is 2.35 bits per heavy atom. The third-order valence-electron chi connectivity index (χ3n) is 4.60. The molecule has 0 aliphatic heterocycles. The van der Waals surface area contributed by atoms with Gasteiger partial charge in [-0.3, -0.25) is 4.79 Å². The monoisotopic (exact) mass is 238 g/mol. The van der Waals surface area contributed by atoms with Crippen LogP contribution in [0, 0.1) is 17.8 Å². The summed E-state index contributed by atoms with van der Waals surface area (Å²) in [6.45, 7) is 2.88. The molecule has 2 unspecified atom stereocenters. The van der Waals surface area contributed by atoms with Crippen molar-refractivity contribution in [3.63, 3.8) is 0 Å². The second-order valence-electron chi connectivity index (χ2n) is 6.00. The highest BCUT2D eigenvalue weighted by Crippen LogP contribution is 2.31. The van der Waals surface area contributed by atoms with Crippen LogP contribution < -0.4 is 0 Å². The SMILES string of the molecule is CC1CCCCC1C(=O)OCC1CCCCC1. The maximum atomic E-state index is 12.0. The van der Waals surface area contributed by atoms with E-state index in [2.05, 4.69) is 6.92 Å². The van der Waals surface area contributed by atoms with Crippen LogP contribution in [0.4, 0.5) is 0 Å². The van der Waals surface area contributed by atoms with Crippen molar-refractivity contribution in [1.29, 1.82) is 0 Å². The van der Waals surface area contributed by atoms with Crippen LogP contribution in [0.3, 0.4) is 0 Å². The number of ether oxygens (including phenoxy) is 1. The molecule has 0 amide bonds. The summed E-state index contributed by atoms with van der Waals surface area (Å²) >= 11 is 0. The molecule has 0 spiro atoms. The van der Waals surface area contributed by atoms with E-state index in [1.54, 1.807) is 0 Å². The highest BCUT2D eigenvalue weighted by Gasteiger charge is 2.29. The Bertz CT molecular complexity index is 243. The topological polar surface area (TPSA) is 26.3 Å². The molecule has 0 aromatic rings. The average molecular weight is 238 g/mol. The lowest BCUT2D eigenvalue weighted by Gasteiger charge is -2.28. The molecule has 2 rings (SSSR count). The Hall–Kier alpha value is -0.530. The van der Waals surface area contributed by atoms with Crippen molar-refractivity contribution in [3.8, 4) is 0 Å². The van der Waals surface area contributed by atoms with Crippen LogP contribution in [0.15, 0.2) is 0 Å². The third kappa shape index (κ3) is 3.72. The van der Waals surface area contributed by atoms with Crippen molar-refractivity contribution < 1.29 is 9.53 Å². The fourth-order valence-electron chi connectivity index (χ4n) is 3.33. The summed E-state index contributed by atoms with van der Waals surface area (Å²) in [6.07, 6.45) is 11.3. The molecule has 2 nitrogen and oxygen atoms in total. The lowest BCUT2D eigenvalue weighted by atomic mass is 9.80. The first-order valence-corrected chi connectivity index (χ1v) is 7.44. The predicted octanol–water partition coefficient (Wildman–Crippen LogP) is 3.94. The predicted molar refractivity (Wildman–Crippen MR) is 68.7 cm³/mol. The van der Waals surface area contributed by atoms with Gasteiger partial charge < -0.3 is 4.74 Å². The zero-order valence-electron chi connectivity index (χ0n) is 11.1. The number of esters is 1. The molecule has 2 aliphatic carbocycles. The molecule has 0 aromatic carbocycles. The lowest BCUT2D eigenvalue weighted by Crippen LogP contribution is -2.28. The van der Waals surface area contributed by atoms with Gasteiger partial charge in [-0.2, -0.15) is 0 Å². The second kappa shape index (κ2) is 6.42. The minimum Gasteiger partial charge on any atom is -0.465 e. The largest absolute Gasteiger partial charge is 0.465 e. The van der Waals surface area contributed by atoms with Gasteiger partial charge in [-0.15, -0.1) is 0 Å². The minimum atomic E-state index is 0.0859. The van der Waals surface area contributed by atoms with E-state index in [9.17, 15) is 4.79 Å². The molecule has 2 aliphatic rings. The molecule has 0 N–H and O–H groups in total. The van der Waals surface area contributed by atoms with Crippen molar-refractivity contribution in [3.05, 3.63) is 0 Å². The van der Waals surface area contributed by atoms with E-state index in [1.807, 2.05) is 0 Å². The van der Waals surface area contributed by atoms with Gasteiger partial charge in [0.25, 0.3) is 0 Å². The molecule has 17 heavy (non-hydrogen) atoms. The van der Waals surface area contributed by atoms with E-state index in [0.717, 1.165) is 6.42 Å². The van der Waals surface area contributed by atoms with Crippen molar-refractivity contribution in [2.24, 2.45) is 17.8 Å². The zero-order valence-corrected chi connectivity index (χ0v) is 11.1. The molecule has 0 bridgehead atoms. The van der Waals surface area contributed by atoms with Gasteiger partial charge in [0.15, 0.2) is 0 Å². The summed E-state index contributed by atoms with van der Waals surface area (Å²) < 4.78 is 5.55. The Morgan fingerprint density at radius 2 is 1.65 bits per heavy atom. The fraction of sp³-hybridized carbons (Fsp3) is 0.933.